The van der Waals surface area contributed by atoms with Gasteiger partial charge in [-0.1, -0.05) is 19.3 Å². The van der Waals surface area contributed by atoms with Gasteiger partial charge in [-0.2, -0.15) is 0 Å². The van der Waals surface area contributed by atoms with Crippen molar-refractivity contribution in [2.75, 3.05) is 33.0 Å². The molecule has 0 atom stereocenters. The molecule has 0 aliphatic rings. The molecule has 24 heavy (non-hydrogen) atoms. The number of nitrogens with one attached hydrogen (secondary N) is 1. The zero-order chi connectivity index (χ0) is 18.2. The van der Waals surface area contributed by atoms with Crippen LogP contribution < -0.4 is 5.32 Å². The Morgan fingerprint density at radius 1 is 0.708 bits per heavy atom. The Labute approximate surface area is 140 Å². The molecule has 0 radical (unpaired) electrons. The summed E-state index contributed by atoms with van der Waals surface area (Å²) in [7, 11) is 0. The fourth-order valence-electron chi connectivity index (χ4n) is 1.81. The van der Waals surface area contributed by atoms with Crippen molar-refractivity contribution in [3.63, 3.8) is 0 Å². The van der Waals surface area contributed by atoms with E-state index in [2.05, 4.69) is 10.1 Å². The van der Waals surface area contributed by atoms with E-state index < -0.39 is 25.2 Å². The molecule has 0 aromatic rings. The van der Waals surface area contributed by atoms with Gasteiger partial charge in [-0.25, -0.2) is 9.59 Å². The molecular formula is C15H25NO8. The standard InChI is InChI=1S/C15H25NO8/c17-12(8-23-10-14(19)20)6-4-2-1-3-5-7-16-13(18)9-24-11-15(21)22/h1-11H2,(H,16,18)(H,19,20)(H,21,22). The average Bonchev–Trinajstić information content (AvgIpc) is 2.49. The second-order valence-electron chi connectivity index (χ2n) is 5.18. The van der Waals surface area contributed by atoms with Gasteiger partial charge in [0.15, 0.2) is 5.78 Å². The third kappa shape index (κ3) is 16.4. The Kier molecular flexibility index (Phi) is 13.4. The van der Waals surface area contributed by atoms with Crippen molar-refractivity contribution in [3.05, 3.63) is 0 Å². The van der Waals surface area contributed by atoms with Gasteiger partial charge in [0.25, 0.3) is 0 Å². The fourth-order valence-corrected chi connectivity index (χ4v) is 1.81. The first-order valence-corrected chi connectivity index (χ1v) is 7.79. The maximum atomic E-state index is 11.3. The number of ether oxygens (including phenoxy) is 2. The smallest absolute Gasteiger partial charge is 0.329 e. The van der Waals surface area contributed by atoms with Crippen molar-refractivity contribution < 1.29 is 38.9 Å². The van der Waals surface area contributed by atoms with Gasteiger partial charge < -0.3 is 25.0 Å². The number of unbranched alkanes of at least 4 members (excludes halogenated alkanes) is 4. The predicted molar refractivity (Wildman–Crippen MR) is 82.6 cm³/mol. The van der Waals surface area contributed by atoms with E-state index in [1.807, 2.05) is 0 Å². The summed E-state index contributed by atoms with van der Waals surface area (Å²) in [4.78, 5) is 43.0. The topological polar surface area (TPSA) is 139 Å². The van der Waals surface area contributed by atoms with E-state index in [1.54, 1.807) is 0 Å². The number of carboxylic acid groups (broad SMARTS) is 2. The monoisotopic (exact) mass is 347 g/mol. The number of carbonyl (C=O) groups is 4. The lowest BCUT2D eigenvalue weighted by molar-refractivity contribution is -0.144. The SMILES string of the molecule is O=C(O)COCC(=O)CCCCCCCNC(=O)COCC(=O)O. The number of aliphatic carboxylic acids is 2. The largest absolute Gasteiger partial charge is 0.480 e. The van der Waals surface area contributed by atoms with E-state index in [1.165, 1.54) is 0 Å². The number of rotatable bonds is 16. The molecule has 0 spiro atoms. The van der Waals surface area contributed by atoms with Crippen LogP contribution in [-0.2, 0) is 28.7 Å². The average molecular weight is 347 g/mol. The zero-order valence-corrected chi connectivity index (χ0v) is 13.6. The van der Waals surface area contributed by atoms with E-state index in [4.69, 9.17) is 14.9 Å². The van der Waals surface area contributed by atoms with Crippen molar-refractivity contribution in [2.24, 2.45) is 0 Å². The number of hydrogen-bond donors (Lipinski definition) is 3. The van der Waals surface area contributed by atoms with E-state index in [0.717, 1.165) is 32.1 Å². The van der Waals surface area contributed by atoms with Crippen LogP contribution in [0.5, 0.6) is 0 Å². The lowest BCUT2D eigenvalue weighted by atomic mass is 10.1. The van der Waals surface area contributed by atoms with Crippen molar-refractivity contribution in [3.8, 4) is 0 Å². The normalized spacial score (nSPS) is 10.3. The van der Waals surface area contributed by atoms with Crippen LogP contribution >= 0.6 is 0 Å². The molecule has 0 aromatic carbocycles. The Balaban J connectivity index is 3.32. The highest BCUT2D eigenvalue weighted by Crippen LogP contribution is 2.05. The lowest BCUT2D eigenvalue weighted by Gasteiger charge is -2.05. The first kappa shape index (κ1) is 22.0. The van der Waals surface area contributed by atoms with Crippen LogP contribution in [0.2, 0.25) is 0 Å². The van der Waals surface area contributed by atoms with Gasteiger partial charge in [0.05, 0.1) is 0 Å². The predicted octanol–water partition coefficient (Wildman–Crippen LogP) is 0.215. The molecule has 0 rings (SSSR count). The van der Waals surface area contributed by atoms with Crippen LogP contribution in [0, 0.1) is 0 Å². The summed E-state index contributed by atoms with van der Waals surface area (Å²) in [5, 5.41) is 19.3. The lowest BCUT2D eigenvalue weighted by Crippen LogP contribution is -2.29. The summed E-state index contributed by atoms with van der Waals surface area (Å²) in [5.41, 5.74) is 0. The van der Waals surface area contributed by atoms with Crippen LogP contribution in [-0.4, -0.2) is 66.8 Å². The number of amides is 1. The zero-order valence-electron chi connectivity index (χ0n) is 13.6. The van der Waals surface area contributed by atoms with E-state index in [9.17, 15) is 19.2 Å². The van der Waals surface area contributed by atoms with Crippen LogP contribution in [0.3, 0.4) is 0 Å². The summed E-state index contributed by atoms with van der Waals surface area (Å²) in [6, 6.07) is 0. The molecule has 0 heterocycles. The second kappa shape index (κ2) is 14.6. The highest BCUT2D eigenvalue weighted by molar-refractivity contribution is 5.80. The van der Waals surface area contributed by atoms with Crippen molar-refractivity contribution in [2.45, 2.75) is 38.5 Å². The summed E-state index contributed by atoms with van der Waals surface area (Å²) in [6.45, 7) is -0.885. The molecule has 0 fully saturated rings. The molecule has 9 heteroatoms. The fraction of sp³-hybridized carbons (Fsp3) is 0.733. The second-order valence-corrected chi connectivity index (χ2v) is 5.18. The molecule has 0 saturated heterocycles. The third-order valence-corrected chi connectivity index (χ3v) is 2.90. The summed E-state index contributed by atoms with van der Waals surface area (Å²) in [6.07, 6.45) is 4.59. The van der Waals surface area contributed by atoms with E-state index in [-0.39, 0.29) is 24.9 Å². The van der Waals surface area contributed by atoms with E-state index >= 15 is 0 Å². The van der Waals surface area contributed by atoms with Crippen molar-refractivity contribution >= 4 is 23.6 Å². The Morgan fingerprint density at radius 3 is 1.88 bits per heavy atom. The number of Topliss-reactive ketones (excluding diaryl/α,β-unsaturated/α-hetero) is 1. The summed E-state index contributed by atoms with van der Waals surface area (Å²) < 4.78 is 9.34. The number of ketones is 1. The van der Waals surface area contributed by atoms with Gasteiger partial charge in [-0.05, 0) is 12.8 Å². The molecule has 9 nitrogen and oxygen atoms in total. The van der Waals surface area contributed by atoms with Gasteiger partial charge in [0.2, 0.25) is 5.91 Å². The minimum atomic E-state index is -1.12. The summed E-state index contributed by atoms with van der Waals surface area (Å²) >= 11 is 0. The quantitative estimate of drug-likeness (QED) is 0.337. The van der Waals surface area contributed by atoms with Crippen LogP contribution in [0.15, 0.2) is 0 Å². The molecule has 0 aliphatic heterocycles. The van der Waals surface area contributed by atoms with Crippen LogP contribution in [0.1, 0.15) is 38.5 Å². The molecule has 0 bridgehead atoms. The van der Waals surface area contributed by atoms with Gasteiger partial charge in [0, 0.05) is 13.0 Å². The van der Waals surface area contributed by atoms with Gasteiger partial charge in [0.1, 0.15) is 26.4 Å². The van der Waals surface area contributed by atoms with Crippen LogP contribution in [0.4, 0.5) is 0 Å². The molecule has 138 valence electrons. The van der Waals surface area contributed by atoms with E-state index in [0.29, 0.717) is 13.0 Å². The highest BCUT2D eigenvalue weighted by Gasteiger charge is 2.05. The number of carboxylic acids is 2. The Morgan fingerprint density at radius 2 is 1.25 bits per heavy atom. The Bertz CT molecular complexity index is 372. The number of hydrogen-bond acceptors (Lipinski definition) is 6. The molecule has 0 saturated carbocycles. The maximum absolute atomic E-state index is 11.3. The number of carbonyl (C=O) groups excluding carboxylic acids is 2. The third-order valence-electron chi connectivity index (χ3n) is 2.90. The molecule has 0 aliphatic carbocycles. The highest BCUT2D eigenvalue weighted by atomic mass is 16.5. The Hall–Kier alpha value is -2.00. The van der Waals surface area contributed by atoms with Gasteiger partial charge in [-0.15, -0.1) is 0 Å². The summed E-state index contributed by atoms with van der Waals surface area (Å²) in [5.74, 6) is -2.66. The van der Waals surface area contributed by atoms with Gasteiger partial charge in [-0.3, -0.25) is 9.59 Å². The minimum absolute atomic E-state index is 0.107. The van der Waals surface area contributed by atoms with Crippen LogP contribution in [0.25, 0.3) is 0 Å². The molecular weight excluding hydrogens is 322 g/mol. The minimum Gasteiger partial charge on any atom is -0.480 e. The maximum Gasteiger partial charge on any atom is 0.329 e. The first-order valence-electron chi connectivity index (χ1n) is 7.79. The van der Waals surface area contributed by atoms with Crippen molar-refractivity contribution in [1.29, 1.82) is 0 Å². The van der Waals surface area contributed by atoms with Crippen molar-refractivity contribution in [1.82, 2.24) is 5.32 Å². The molecule has 3 N–H and O–H groups in total. The first-order chi connectivity index (χ1) is 11.4. The molecule has 1 amide bonds. The molecule has 0 unspecified atom stereocenters. The van der Waals surface area contributed by atoms with Gasteiger partial charge >= 0.3 is 11.9 Å². The molecule has 0 aromatic heterocycles.